The van der Waals surface area contributed by atoms with Gasteiger partial charge in [-0.15, -0.1) is 0 Å². The summed E-state index contributed by atoms with van der Waals surface area (Å²) in [5.41, 5.74) is 9.26. The number of hydrogen-bond donors (Lipinski definition) is 1. The van der Waals surface area contributed by atoms with Crippen molar-refractivity contribution in [2.75, 3.05) is 0 Å². The minimum absolute atomic E-state index is 0.397. The van der Waals surface area contributed by atoms with Crippen LogP contribution in [0.5, 0.6) is 0 Å². The molecule has 0 bridgehead atoms. The fourth-order valence-corrected chi connectivity index (χ4v) is 2.50. The Morgan fingerprint density at radius 3 is 2.94 bits per heavy atom. The number of carbonyl (C=O) groups excluding carboxylic acids is 1. The van der Waals surface area contributed by atoms with Gasteiger partial charge in [0.2, 0.25) is 5.91 Å². The maximum atomic E-state index is 11.2. The molecule has 0 fully saturated rings. The largest absolute Gasteiger partial charge is 0.366 e. The monoisotopic (exact) mass is 241 g/mol. The van der Waals surface area contributed by atoms with Gasteiger partial charge in [-0.25, -0.2) is 4.98 Å². The van der Waals surface area contributed by atoms with E-state index in [1.54, 1.807) is 6.07 Å². The number of fused-ring (bicyclic) bond motifs is 1. The van der Waals surface area contributed by atoms with Crippen LogP contribution in [0, 0.1) is 0 Å². The van der Waals surface area contributed by atoms with Crippen molar-refractivity contribution in [1.82, 2.24) is 9.55 Å². The molecule has 0 radical (unpaired) electrons. The Hall–Kier alpha value is -2.10. The molecule has 0 unspecified atom stereocenters. The molecule has 1 heterocycles. The standard InChI is InChI=1S/C14H15N3O/c15-14(18)10-4-3-5-11(8-10)17-9-16-12-6-1-2-7-13(12)17/h3-5,8-9H,1-2,6-7H2,(H2,15,18). The number of imidazole rings is 1. The molecule has 0 atom stereocenters. The van der Waals surface area contributed by atoms with Gasteiger partial charge in [0.25, 0.3) is 0 Å². The van der Waals surface area contributed by atoms with E-state index in [1.165, 1.54) is 24.2 Å². The second kappa shape index (κ2) is 4.29. The molecule has 18 heavy (non-hydrogen) atoms. The molecule has 2 N–H and O–H groups in total. The summed E-state index contributed by atoms with van der Waals surface area (Å²) in [5, 5.41) is 0. The molecule has 0 saturated heterocycles. The summed E-state index contributed by atoms with van der Waals surface area (Å²) in [7, 11) is 0. The molecule has 0 saturated carbocycles. The summed E-state index contributed by atoms with van der Waals surface area (Å²) in [4.78, 5) is 15.7. The van der Waals surface area contributed by atoms with E-state index in [1.807, 2.05) is 24.5 Å². The topological polar surface area (TPSA) is 60.9 Å². The highest BCUT2D eigenvalue weighted by molar-refractivity contribution is 5.93. The van der Waals surface area contributed by atoms with Crippen LogP contribution in [0.2, 0.25) is 0 Å². The van der Waals surface area contributed by atoms with Crippen LogP contribution in [0.15, 0.2) is 30.6 Å². The van der Waals surface area contributed by atoms with Gasteiger partial charge in [0, 0.05) is 16.9 Å². The summed E-state index contributed by atoms with van der Waals surface area (Å²) < 4.78 is 2.07. The zero-order valence-electron chi connectivity index (χ0n) is 10.1. The van der Waals surface area contributed by atoms with Gasteiger partial charge >= 0.3 is 0 Å². The van der Waals surface area contributed by atoms with E-state index in [0.717, 1.165) is 18.5 Å². The third kappa shape index (κ3) is 1.79. The van der Waals surface area contributed by atoms with Crippen molar-refractivity contribution >= 4 is 5.91 Å². The number of aromatic nitrogens is 2. The molecule has 0 aliphatic heterocycles. The molecule has 1 amide bonds. The van der Waals surface area contributed by atoms with Gasteiger partial charge in [-0.2, -0.15) is 0 Å². The lowest BCUT2D eigenvalue weighted by atomic mass is 10.0. The lowest BCUT2D eigenvalue weighted by Gasteiger charge is -2.14. The van der Waals surface area contributed by atoms with E-state index in [0.29, 0.717) is 5.56 Å². The first-order valence-electron chi connectivity index (χ1n) is 6.21. The first-order valence-corrected chi connectivity index (χ1v) is 6.21. The van der Waals surface area contributed by atoms with Crippen molar-refractivity contribution in [2.24, 2.45) is 5.73 Å². The van der Waals surface area contributed by atoms with Crippen molar-refractivity contribution < 1.29 is 4.79 Å². The van der Waals surface area contributed by atoms with Gasteiger partial charge in [-0.1, -0.05) is 6.07 Å². The SMILES string of the molecule is NC(=O)c1cccc(-n2cnc3c2CCCC3)c1. The number of aryl methyl sites for hydroxylation is 1. The number of amides is 1. The maximum Gasteiger partial charge on any atom is 0.248 e. The van der Waals surface area contributed by atoms with Crippen molar-refractivity contribution in [3.05, 3.63) is 47.5 Å². The zero-order valence-corrected chi connectivity index (χ0v) is 10.1. The van der Waals surface area contributed by atoms with Crippen molar-refractivity contribution in [2.45, 2.75) is 25.7 Å². The Morgan fingerprint density at radius 2 is 2.11 bits per heavy atom. The highest BCUT2D eigenvalue weighted by atomic mass is 16.1. The molecule has 1 aromatic carbocycles. The van der Waals surface area contributed by atoms with Gasteiger partial charge < -0.3 is 10.3 Å². The van der Waals surface area contributed by atoms with Crippen LogP contribution in [-0.4, -0.2) is 15.5 Å². The van der Waals surface area contributed by atoms with Crippen LogP contribution in [0.4, 0.5) is 0 Å². The van der Waals surface area contributed by atoms with Crippen LogP contribution >= 0.6 is 0 Å². The molecule has 1 aromatic heterocycles. The molecule has 1 aliphatic rings. The minimum Gasteiger partial charge on any atom is -0.366 e. The third-order valence-corrected chi connectivity index (χ3v) is 3.44. The van der Waals surface area contributed by atoms with Crippen LogP contribution in [0.1, 0.15) is 34.6 Å². The minimum atomic E-state index is -0.397. The number of carbonyl (C=O) groups is 1. The number of hydrogen-bond acceptors (Lipinski definition) is 2. The number of rotatable bonds is 2. The Bertz CT molecular complexity index is 601. The van der Waals surface area contributed by atoms with E-state index >= 15 is 0 Å². The van der Waals surface area contributed by atoms with Gasteiger partial charge in [0.05, 0.1) is 12.0 Å². The summed E-state index contributed by atoms with van der Waals surface area (Å²) >= 11 is 0. The fourth-order valence-electron chi connectivity index (χ4n) is 2.50. The Kier molecular flexibility index (Phi) is 2.63. The Labute approximate surface area is 105 Å². The third-order valence-electron chi connectivity index (χ3n) is 3.44. The number of primary amides is 1. The first kappa shape index (κ1) is 11.0. The number of benzene rings is 1. The van der Waals surface area contributed by atoms with Gasteiger partial charge in [0.1, 0.15) is 0 Å². The predicted molar refractivity (Wildman–Crippen MR) is 68.7 cm³/mol. The van der Waals surface area contributed by atoms with Gasteiger partial charge in [-0.3, -0.25) is 4.79 Å². The smallest absolute Gasteiger partial charge is 0.248 e. The van der Waals surface area contributed by atoms with Crippen molar-refractivity contribution in [3.8, 4) is 5.69 Å². The molecule has 3 rings (SSSR count). The second-order valence-corrected chi connectivity index (χ2v) is 4.63. The van der Waals surface area contributed by atoms with E-state index in [-0.39, 0.29) is 0 Å². The van der Waals surface area contributed by atoms with Crippen LogP contribution < -0.4 is 5.73 Å². The average Bonchev–Trinajstić information content (AvgIpc) is 2.82. The molecule has 4 nitrogen and oxygen atoms in total. The summed E-state index contributed by atoms with van der Waals surface area (Å²) in [6, 6.07) is 7.38. The van der Waals surface area contributed by atoms with E-state index in [4.69, 9.17) is 5.73 Å². The van der Waals surface area contributed by atoms with Crippen molar-refractivity contribution in [1.29, 1.82) is 0 Å². The molecule has 92 valence electrons. The molecular formula is C14H15N3O. The van der Waals surface area contributed by atoms with Crippen LogP contribution in [0.25, 0.3) is 5.69 Å². The quantitative estimate of drug-likeness (QED) is 0.872. The Balaban J connectivity index is 2.07. The van der Waals surface area contributed by atoms with E-state index in [9.17, 15) is 4.79 Å². The summed E-state index contributed by atoms with van der Waals surface area (Å²) in [6.45, 7) is 0. The highest BCUT2D eigenvalue weighted by Gasteiger charge is 2.16. The molecule has 2 aromatic rings. The van der Waals surface area contributed by atoms with E-state index in [2.05, 4.69) is 9.55 Å². The zero-order chi connectivity index (χ0) is 12.5. The second-order valence-electron chi connectivity index (χ2n) is 4.63. The number of nitrogens with two attached hydrogens (primary N) is 1. The van der Waals surface area contributed by atoms with Crippen LogP contribution in [0.3, 0.4) is 0 Å². The molecule has 0 spiro atoms. The molecular weight excluding hydrogens is 226 g/mol. The summed E-state index contributed by atoms with van der Waals surface area (Å²) in [5.74, 6) is -0.397. The molecule has 4 heteroatoms. The number of nitrogens with zero attached hydrogens (tertiary/aromatic N) is 2. The highest BCUT2D eigenvalue weighted by Crippen LogP contribution is 2.23. The predicted octanol–water partition coefficient (Wildman–Crippen LogP) is 1.85. The van der Waals surface area contributed by atoms with Crippen LogP contribution in [-0.2, 0) is 12.8 Å². The Morgan fingerprint density at radius 1 is 1.28 bits per heavy atom. The normalized spacial score (nSPS) is 14.2. The summed E-state index contributed by atoms with van der Waals surface area (Å²) in [6.07, 6.45) is 6.36. The van der Waals surface area contributed by atoms with Gasteiger partial charge in [-0.05, 0) is 43.9 Å². The first-order chi connectivity index (χ1) is 8.75. The lowest BCUT2D eigenvalue weighted by Crippen LogP contribution is -2.12. The van der Waals surface area contributed by atoms with Gasteiger partial charge in [0.15, 0.2) is 0 Å². The van der Waals surface area contributed by atoms with E-state index < -0.39 is 5.91 Å². The maximum absolute atomic E-state index is 11.2. The fraction of sp³-hybridized carbons (Fsp3) is 0.286. The average molecular weight is 241 g/mol. The van der Waals surface area contributed by atoms with Crippen molar-refractivity contribution in [3.63, 3.8) is 0 Å². The lowest BCUT2D eigenvalue weighted by molar-refractivity contribution is 0.100. The molecule has 1 aliphatic carbocycles.